The molecule has 0 aromatic carbocycles. The van der Waals surface area contributed by atoms with Crippen LogP contribution in [0.4, 0.5) is 0 Å². The highest BCUT2D eigenvalue weighted by atomic mass is 35.5. The lowest BCUT2D eigenvalue weighted by Crippen LogP contribution is -2.54. The molecule has 0 aromatic rings. The molecule has 0 atom stereocenters. The summed E-state index contributed by atoms with van der Waals surface area (Å²) < 4.78 is 4.83. The predicted octanol–water partition coefficient (Wildman–Crippen LogP) is 2.04. The van der Waals surface area contributed by atoms with Crippen LogP contribution in [0.5, 0.6) is 0 Å². The Kier molecular flexibility index (Phi) is 9.62. The van der Waals surface area contributed by atoms with Gasteiger partial charge in [-0.25, -0.2) is 4.79 Å². The van der Waals surface area contributed by atoms with E-state index in [9.17, 15) is 9.59 Å². The fourth-order valence-electron chi connectivity index (χ4n) is 2.80. The van der Waals surface area contributed by atoms with Gasteiger partial charge in [0.05, 0.1) is 7.11 Å². The third kappa shape index (κ3) is 5.83. The van der Waals surface area contributed by atoms with Crippen LogP contribution in [0, 0.1) is 5.92 Å². The van der Waals surface area contributed by atoms with E-state index in [-0.39, 0.29) is 24.3 Å². The fourth-order valence-corrected chi connectivity index (χ4v) is 2.80. The Balaban J connectivity index is 0.00000400. The molecule has 0 aromatic heterocycles. The molecule has 1 amide bonds. The highest BCUT2D eigenvalue weighted by Crippen LogP contribution is 2.20. The van der Waals surface area contributed by atoms with Crippen LogP contribution in [0.3, 0.4) is 0 Å². The van der Waals surface area contributed by atoms with Crippen LogP contribution < -0.4 is 10.6 Å². The summed E-state index contributed by atoms with van der Waals surface area (Å²) in [7, 11) is 1.36. The lowest BCUT2D eigenvalue weighted by atomic mass is 9.91. The first-order valence-electron chi connectivity index (χ1n) is 7.68. The third-order valence-corrected chi connectivity index (χ3v) is 4.40. The molecule has 0 saturated carbocycles. The summed E-state index contributed by atoms with van der Waals surface area (Å²) in [6, 6.07) is 0. The molecular weight excluding hydrogens is 292 g/mol. The summed E-state index contributed by atoms with van der Waals surface area (Å²) >= 11 is 0. The number of halogens is 1. The van der Waals surface area contributed by atoms with Gasteiger partial charge in [-0.05, 0) is 51.1 Å². The summed E-state index contributed by atoms with van der Waals surface area (Å²) in [4.78, 5) is 24.0. The Morgan fingerprint density at radius 3 is 2.29 bits per heavy atom. The number of methoxy groups -OCH3 is 1. The number of esters is 1. The lowest BCUT2D eigenvalue weighted by Gasteiger charge is -2.30. The minimum absolute atomic E-state index is 0. The van der Waals surface area contributed by atoms with Crippen molar-refractivity contribution < 1.29 is 14.3 Å². The molecule has 2 N–H and O–H groups in total. The second-order valence-corrected chi connectivity index (χ2v) is 5.56. The molecule has 0 bridgehead atoms. The van der Waals surface area contributed by atoms with E-state index in [0.717, 1.165) is 32.4 Å². The number of rotatable bonds is 7. The average Bonchev–Trinajstić information content (AvgIpc) is 2.51. The van der Waals surface area contributed by atoms with E-state index in [1.165, 1.54) is 7.11 Å². The Labute approximate surface area is 134 Å². The van der Waals surface area contributed by atoms with Gasteiger partial charge in [-0.1, -0.05) is 13.8 Å². The first-order chi connectivity index (χ1) is 9.57. The number of piperidine rings is 1. The van der Waals surface area contributed by atoms with E-state index in [2.05, 4.69) is 10.6 Å². The molecule has 1 aliphatic rings. The van der Waals surface area contributed by atoms with Crippen molar-refractivity contribution in [3.05, 3.63) is 0 Å². The van der Waals surface area contributed by atoms with Crippen LogP contribution in [0.2, 0.25) is 0 Å². The predicted molar refractivity (Wildman–Crippen MR) is 85.5 cm³/mol. The van der Waals surface area contributed by atoms with Crippen molar-refractivity contribution in [2.45, 2.75) is 57.9 Å². The van der Waals surface area contributed by atoms with Gasteiger partial charge < -0.3 is 15.4 Å². The van der Waals surface area contributed by atoms with Crippen molar-refractivity contribution >= 4 is 24.3 Å². The maximum absolute atomic E-state index is 12.1. The number of ether oxygens (including phenoxy) is 1. The van der Waals surface area contributed by atoms with Gasteiger partial charge in [0.25, 0.3) is 0 Å². The third-order valence-electron chi connectivity index (χ3n) is 4.40. The minimum atomic E-state index is -0.861. The minimum Gasteiger partial charge on any atom is -0.467 e. The number of hydrogen-bond donors (Lipinski definition) is 2. The largest absolute Gasteiger partial charge is 0.467 e. The summed E-state index contributed by atoms with van der Waals surface area (Å²) in [6.45, 7) is 5.88. The van der Waals surface area contributed by atoms with E-state index >= 15 is 0 Å². The van der Waals surface area contributed by atoms with Crippen molar-refractivity contribution in [3.63, 3.8) is 0 Å². The van der Waals surface area contributed by atoms with Crippen molar-refractivity contribution in [2.24, 2.45) is 5.92 Å². The topological polar surface area (TPSA) is 67.4 Å². The molecule has 0 unspecified atom stereocenters. The number of hydrogen-bond acceptors (Lipinski definition) is 4. The van der Waals surface area contributed by atoms with E-state index < -0.39 is 5.54 Å². The smallest absolute Gasteiger partial charge is 0.331 e. The van der Waals surface area contributed by atoms with E-state index in [4.69, 9.17) is 4.74 Å². The monoisotopic (exact) mass is 320 g/mol. The van der Waals surface area contributed by atoms with E-state index in [0.29, 0.717) is 25.2 Å². The molecule has 1 heterocycles. The van der Waals surface area contributed by atoms with Gasteiger partial charge in [-0.2, -0.15) is 0 Å². The van der Waals surface area contributed by atoms with Crippen molar-refractivity contribution in [2.75, 3.05) is 20.2 Å². The molecule has 0 spiro atoms. The molecule has 124 valence electrons. The van der Waals surface area contributed by atoms with Gasteiger partial charge in [0.2, 0.25) is 5.91 Å². The van der Waals surface area contributed by atoms with Crippen LogP contribution in [0.15, 0.2) is 0 Å². The number of carbonyl (C=O) groups is 2. The summed E-state index contributed by atoms with van der Waals surface area (Å²) in [5.41, 5.74) is -0.861. The first kappa shape index (κ1) is 20.2. The number of carbonyl (C=O) groups excluding carboxylic acids is 2. The highest BCUT2D eigenvalue weighted by molar-refractivity contribution is 5.88. The van der Waals surface area contributed by atoms with Crippen molar-refractivity contribution in [1.82, 2.24) is 10.6 Å². The Morgan fingerprint density at radius 1 is 1.24 bits per heavy atom. The van der Waals surface area contributed by atoms with Gasteiger partial charge >= 0.3 is 5.97 Å². The molecule has 1 aliphatic heterocycles. The molecule has 1 fully saturated rings. The summed E-state index contributed by atoms with van der Waals surface area (Å²) in [5, 5.41) is 6.21. The molecule has 6 heteroatoms. The van der Waals surface area contributed by atoms with Crippen LogP contribution in [-0.2, 0) is 14.3 Å². The highest BCUT2D eigenvalue weighted by Gasteiger charge is 2.37. The quantitative estimate of drug-likeness (QED) is 0.704. The summed E-state index contributed by atoms with van der Waals surface area (Å²) in [5.74, 6) is 0.230. The summed E-state index contributed by atoms with van der Waals surface area (Å²) in [6.07, 6.45) is 4.76. The van der Waals surface area contributed by atoms with Gasteiger partial charge in [0.15, 0.2) is 0 Å². The van der Waals surface area contributed by atoms with Crippen molar-refractivity contribution in [1.29, 1.82) is 0 Å². The maximum Gasteiger partial charge on any atom is 0.331 e. The molecule has 1 rings (SSSR count). The van der Waals surface area contributed by atoms with Gasteiger partial charge in [0, 0.05) is 6.42 Å². The Morgan fingerprint density at radius 2 is 1.81 bits per heavy atom. The zero-order valence-corrected chi connectivity index (χ0v) is 14.2. The second-order valence-electron chi connectivity index (χ2n) is 5.56. The molecule has 0 aliphatic carbocycles. The van der Waals surface area contributed by atoms with Gasteiger partial charge in [0.1, 0.15) is 5.54 Å². The van der Waals surface area contributed by atoms with Crippen LogP contribution in [0.1, 0.15) is 52.4 Å². The average molecular weight is 321 g/mol. The normalized spacial score (nSPS) is 16.0. The van der Waals surface area contributed by atoms with Gasteiger partial charge in [-0.3, -0.25) is 4.79 Å². The maximum atomic E-state index is 12.1. The molecular formula is C15H29ClN2O3. The molecule has 5 nitrogen and oxygen atoms in total. The molecule has 0 radical (unpaired) electrons. The SMILES string of the molecule is CCC(CC)(NC(=O)CCC1CCNCC1)C(=O)OC.Cl. The second kappa shape index (κ2) is 10.0. The lowest BCUT2D eigenvalue weighted by molar-refractivity contribution is -0.151. The Bertz CT molecular complexity index is 327. The van der Waals surface area contributed by atoms with Gasteiger partial charge in [-0.15, -0.1) is 12.4 Å². The zero-order valence-electron chi connectivity index (χ0n) is 13.4. The van der Waals surface area contributed by atoms with Crippen LogP contribution in [0.25, 0.3) is 0 Å². The van der Waals surface area contributed by atoms with Crippen LogP contribution in [-0.4, -0.2) is 37.6 Å². The van der Waals surface area contributed by atoms with Crippen LogP contribution >= 0.6 is 12.4 Å². The first-order valence-corrected chi connectivity index (χ1v) is 7.68. The van der Waals surface area contributed by atoms with Crippen molar-refractivity contribution in [3.8, 4) is 0 Å². The standard InChI is InChI=1S/C15H28N2O3.ClH/c1-4-15(5-2,14(19)20-3)17-13(18)7-6-12-8-10-16-11-9-12;/h12,16H,4-11H2,1-3H3,(H,17,18);1H. The van der Waals surface area contributed by atoms with E-state index in [1.54, 1.807) is 0 Å². The number of amides is 1. The molecule has 21 heavy (non-hydrogen) atoms. The zero-order chi connectivity index (χ0) is 15.0. The Hall–Kier alpha value is -0.810. The number of nitrogens with one attached hydrogen (secondary N) is 2. The fraction of sp³-hybridized carbons (Fsp3) is 0.867. The molecule has 1 saturated heterocycles. The van der Waals surface area contributed by atoms with E-state index in [1.807, 2.05) is 13.8 Å².